The van der Waals surface area contributed by atoms with Gasteiger partial charge in [0.25, 0.3) is 0 Å². The molecule has 0 aliphatic carbocycles. The number of nitrogens with zero attached hydrogens (tertiary/aromatic N) is 2. The molecule has 3 heteroatoms. The van der Waals surface area contributed by atoms with Crippen molar-refractivity contribution in [1.29, 1.82) is 0 Å². The van der Waals surface area contributed by atoms with Gasteiger partial charge in [-0.3, -0.25) is 4.98 Å². The Morgan fingerprint density at radius 3 is 3.12 bits per heavy atom. The van der Waals surface area contributed by atoms with Crippen molar-refractivity contribution in [2.24, 2.45) is 5.73 Å². The van der Waals surface area contributed by atoms with Crippen molar-refractivity contribution in [2.45, 2.75) is 38.1 Å². The van der Waals surface area contributed by atoms with E-state index in [9.17, 15) is 0 Å². The molecule has 3 nitrogen and oxygen atoms in total. The molecule has 1 unspecified atom stereocenters. The standard InChI is InChI=1S/C14H23N3/c15-8-6-14-5-1-2-10-17(14)11-7-13-4-3-9-16-12-13/h3-4,9,12,14H,1-2,5-8,10-11,15H2. The van der Waals surface area contributed by atoms with Crippen LogP contribution in [-0.4, -0.2) is 35.6 Å². The number of hydrogen-bond donors (Lipinski definition) is 1. The summed E-state index contributed by atoms with van der Waals surface area (Å²) >= 11 is 0. The minimum Gasteiger partial charge on any atom is -0.330 e. The maximum absolute atomic E-state index is 5.69. The van der Waals surface area contributed by atoms with Crippen LogP contribution in [0.2, 0.25) is 0 Å². The van der Waals surface area contributed by atoms with Gasteiger partial charge in [0.1, 0.15) is 0 Å². The van der Waals surface area contributed by atoms with Crippen LogP contribution in [0.25, 0.3) is 0 Å². The molecule has 0 radical (unpaired) electrons. The van der Waals surface area contributed by atoms with Gasteiger partial charge in [-0.1, -0.05) is 12.5 Å². The van der Waals surface area contributed by atoms with E-state index in [0.717, 1.165) is 25.9 Å². The van der Waals surface area contributed by atoms with Crippen LogP contribution in [0, 0.1) is 0 Å². The van der Waals surface area contributed by atoms with Gasteiger partial charge in [-0.25, -0.2) is 0 Å². The topological polar surface area (TPSA) is 42.1 Å². The fourth-order valence-corrected chi connectivity index (χ4v) is 2.69. The van der Waals surface area contributed by atoms with Gasteiger partial charge in [-0.2, -0.15) is 0 Å². The maximum atomic E-state index is 5.69. The summed E-state index contributed by atoms with van der Waals surface area (Å²) in [5, 5.41) is 0. The lowest BCUT2D eigenvalue weighted by Crippen LogP contribution is -2.41. The highest BCUT2D eigenvalue weighted by Gasteiger charge is 2.20. The van der Waals surface area contributed by atoms with Crippen molar-refractivity contribution < 1.29 is 0 Å². The van der Waals surface area contributed by atoms with Crippen LogP contribution in [-0.2, 0) is 6.42 Å². The number of piperidine rings is 1. The minimum atomic E-state index is 0.713. The lowest BCUT2D eigenvalue weighted by Gasteiger charge is -2.35. The average molecular weight is 233 g/mol. The van der Waals surface area contributed by atoms with Crippen LogP contribution < -0.4 is 5.73 Å². The summed E-state index contributed by atoms with van der Waals surface area (Å²) in [6.45, 7) is 3.20. The molecule has 2 rings (SSSR count). The Hall–Kier alpha value is -0.930. The molecule has 2 heterocycles. The fourth-order valence-electron chi connectivity index (χ4n) is 2.69. The van der Waals surface area contributed by atoms with Gasteiger partial charge in [0, 0.05) is 25.0 Å². The zero-order valence-electron chi connectivity index (χ0n) is 10.5. The van der Waals surface area contributed by atoms with Crippen LogP contribution in [0.4, 0.5) is 0 Å². The van der Waals surface area contributed by atoms with E-state index < -0.39 is 0 Å². The molecule has 1 aliphatic heterocycles. The molecule has 94 valence electrons. The average Bonchev–Trinajstić information content (AvgIpc) is 2.39. The zero-order chi connectivity index (χ0) is 11.9. The summed E-state index contributed by atoms with van der Waals surface area (Å²) in [7, 11) is 0. The van der Waals surface area contributed by atoms with E-state index in [1.165, 1.54) is 31.4 Å². The first-order chi connectivity index (χ1) is 8.40. The number of pyridine rings is 1. The lowest BCUT2D eigenvalue weighted by atomic mass is 9.99. The smallest absolute Gasteiger partial charge is 0.0300 e. The molecule has 0 bridgehead atoms. The third-order valence-electron chi connectivity index (χ3n) is 3.66. The Labute approximate surface area is 104 Å². The number of aromatic nitrogens is 1. The highest BCUT2D eigenvalue weighted by Crippen LogP contribution is 2.19. The van der Waals surface area contributed by atoms with Crippen molar-refractivity contribution >= 4 is 0 Å². The first kappa shape index (κ1) is 12.5. The third-order valence-corrected chi connectivity index (χ3v) is 3.66. The second kappa shape index (κ2) is 6.72. The lowest BCUT2D eigenvalue weighted by molar-refractivity contribution is 0.144. The third kappa shape index (κ3) is 3.79. The van der Waals surface area contributed by atoms with Crippen molar-refractivity contribution in [3.05, 3.63) is 30.1 Å². The van der Waals surface area contributed by atoms with E-state index >= 15 is 0 Å². The Morgan fingerprint density at radius 1 is 1.41 bits per heavy atom. The first-order valence-corrected chi connectivity index (χ1v) is 6.73. The molecule has 0 aromatic carbocycles. The Balaban J connectivity index is 1.84. The second-order valence-corrected chi connectivity index (χ2v) is 4.87. The van der Waals surface area contributed by atoms with Crippen molar-refractivity contribution in [3.63, 3.8) is 0 Å². The molecular formula is C14H23N3. The number of nitrogens with two attached hydrogens (primary N) is 1. The van der Waals surface area contributed by atoms with Gasteiger partial charge in [-0.15, -0.1) is 0 Å². The molecule has 1 aromatic rings. The number of likely N-dealkylation sites (tertiary alicyclic amines) is 1. The molecule has 1 aromatic heterocycles. The van der Waals surface area contributed by atoms with Crippen molar-refractivity contribution in [1.82, 2.24) is 9.88 Å². The predicted octanol–water partition coefficient (Wildman–Crippen LogP) is 1.83. The predicted molar refractivity (Wildman–Crippen MR) is 70.8 cm³/mol. The van der Waals surface area contributed by atoms with Gasteiger partial charge in [0.05, 0.1) is 0 Å². The summed E-state index contributed by atoms with van der Waals surface area (Å²) in [4.78, 5) is 6.78. The van der Waals surface area contributed by atoms with Crippen molar-refractivity contribution in [3.8, 4) is 0 Å². The molecular weight excluding hydrogens is 210 g/mol. The first-order valence-electron chi connectivity index (χ1n) is 6.73. The summed E-state index contributed by atoms with van der Waals surface area (Å²) in [5.41, 5.74) is 7.03. The molecule has 0 spiro atoms. The quantitative estimate of drug-likeness (QED) is 0.843. The van der Waals surface area contributed by atoms with E-state index in [2.05, 4.69) is 16.0 Å². The Kier molecular flexibility index (Phi) is 4.95. The van der Waals surface area contributed by atoms with Gasteiger partial charge in [-0.05, 0) is 50.4 Å². The molecule has 0 saturated carbocycles. The van der Waals surface area contributed by atoms with Crippen LogP contribution in [0.5, 0.6) is 0 Å². The van der Waals surface area contributed by atoms with Crippen LogP contribution in [0.3, 0.4) is 0 Å². The maximum Gasteiger partial charge on any atom is 0.0300 e. The largest absolute Gasteiger partial charge is 0.330 e. The number of hydrogen-bond acceptors (Lipinski definition) is 3. The van der Waals surface area contributed by atoms with Crippen LogP contribution in [0.1, 0.15) is 31.2 Å². The second-order valence-electron chi connectivity index (χ2n) is 4.87. The van der Waals surface area contributed by atoms with Crippen LogP contribution >= 0.6 is 0 Å². The summed E-state index contributed by atoms with van der Waals surface area (Å²) in [6, 6.07) is 4.89. The zero-order valence-corrected chi connectivity index (χ0v) is 10.5. The highest BCUT2D eigenvalue weighted by atomic mass is 15.2. The molecule has 1 atom stereocenters. The monoisotopic (exact) mass is 233 g/mol. The highest BCUT2D eigenvalue weighted by molar-refractivity contribution is 5.08. The molecule has 0 amide bonds. The van der Waals surface area contributed by atoms with Crippen LogP contribution in [0.15, 0.2) is 24.5 Å². The van der Waals surface area contributed by atoms with Gasteiger partial charge < -0.3 is 10.6 Å². The fraction of sp³-hybridized carbons (Fsp3) is 0.643. The van der Waals surface area contributed by atoms with E-state index in [1.54, 1.807) is 0 Å². The van der Waals surface area contributed by atoms with Crippen molar-refractivity contribution in [2.75, 3.05) is 19.6 Å². The minimum absolute atomic E-state index is 0.713. The molecule has 1 fully saturated rings. The van der Waals surface area contributed by atoms with E-state index in [4.69, 9.17) is 5.73 Å². The molecule has 1 aliphatic rings. The molecule has 17 heavy (non-hydrogen) atoms. The normalized spacial score (nSPS) is 21.6. The summed E-state index contributed by atoms with van der Waals surface area (Å²) in [6.07, 6.45) is 10.1. The van der Waals surface area contributed by atoms with E-state index in [0.29, 0.717) is 6.04 Å². The van der Waals surface area contributed by atoms with E-state index in [-0.39, 0.29) is 0 Å². The molecule has 1 saturated heterocycles. The van der Waals surface area contributed by atoms with Gasteiger partial charge in [0.15, 0.2) is 0 Å². The summed E-state index contributed by atoms with van der Waals surface area (Å²) in [5.74, 6) is 0. The SMILES string of the molecule is NCCC1CCCCN1CCc1cccnc1. The van der Waals surface area contributed by atoms with E-state index in [1.807, 2.05) is 18.5 Å². The summed E-state index contributed by atoms with van der Waals surface area (Å²) < 4.78 is 0. The molecule has 2 N–H and O–H groups in total. The Morgan fingerprint density at radius 2 is 2.35 bits per heavy atom. The van der Waals surface area contributed by atoms with Gasteiger partial charge in [0.2, 0.25) is 0 Å². The van der Waals surface area contributed by atoms with Gasteiger partial charge >= 0.3 is 0 Å². The number of rotatable bonds is 5. The Bertz CT molecular complexity index is 311.